The van der Waals surface area contributed by atoms with E-state index >= 15 is 0 Å². The molecule has 3 rings (SSSR count). The van der Waals surface area contributed by atoms with Crippen LogP contribution in [-0.4, -0.2) is 27.8 Å². The molecule has 1 N–H and O–H groups in total. The Morgan fingerprint density at radius 3 is 3.00 bits per heavy atom. The summed E-state index contributed by atoms with van der Waals surface area (Å²) >= 11 is 0. The first-order chi connectivity index (χ1) is 8.83. The van der Waals surface area contributed by atoms with Gasteiger partial charge in [0.05, 0.1) is 18.6 Å². The van der Waals surface area contributed by atoms with E-state index in [9.17, 15) is 0 Å². The highest BCUT2D eigenvalue weighted by atomic mass is 16.5. The number of nitrogens with one attached hydrogen (secondary N) is 1. The highest BCUT2D eigenvalue weighted by Crippen LogP contribution is 2.25. The third-order valence-corrected chi connectivity index (χ3v) is 3.50. The van der Waals surface area contributed by atoms with Crippen LogP contribution in [0.4, 0.5) is 0 Å². The zero-order valence-corrected chi connectivity index (χ0v) is 10.6. The number of hydrogen-bond donors (Lipinski definition) is 1. The summed E-state index contributed by atoms with van der Waals surface area (Å²) in [5.74, 6) is 1.50. The first kappa shape index (κ1) is 11.5. The van der Waals surface area contributed by atoms with Crippen molar-refractivity contribution in [2.24, 2.45) is 0 Å². The van der Waals surface area contributed by atoms with Gasteiger partial charge in [-0.2, -0.15) is 0 Å². The molecule has 0 spiro atoms. The van der Waals surface area contributed by atoms with Gasteiger partial charge in [-0.15, -0.1) is 0 Å². The molecule has 5 heteroatoms. The Hall–Kier alpha value is -1.62. The Bertz CT molecular complexity index is 511. The van der Waals surface area contributed by atoms with Gasteiger partial charge in [0.15, 0.2) is 5.76 Å². The fourth-order valence-corrected chi connectivity index (χ4v) is 2.58. The van der Waals surface area contributed by atoms with Crippen LogP contribution in [-0.2, 0) is 6.54 Å². The lowest BCUT2D eigenvalue weighted by Crippen LogP contribution is -2.27. The number of piperidine rings is 1. The molecule has 0 bridgehead atoms. The van der Waals surface area contributed by atoms with Crippen LogP contribution in [0.1, 0.15) is 35.9 Å². The van der Waals surface area contributed by atoms with Crippen molar-refractivity contribution in [3.05, 3.63) is 35.7 Å². The summed E-state index contributed by atoms with van der Waals surface area (Å²) in [6, 6.07) is 1.98. The zero-order chi connectivity index (χ0) is 12.4. The summed E-state index contributed by atoms with van der Waals surface area (Å²) in [4.78, 5) is 4.28. The quantitative estimate of drug-likeness (QED) is 0.895. The smallest absolute Gasteiger partial charge is 0.156 e. The average molecular weight is 246 g/mol. The van der Waals surface area contributed by atoms with Crippen molar-refractivity contribution < 1.29 is 4.52 Å². The van der Waals surface area contributed by atoms with Crippen molar-refractivity contribution in [1.82, 2.24) is 20.0 Å². The van der Waals surface area contributed by atoms with E-state index < -0.39 is 0 Å². The van der Waals surface area contributed by atoms with Crippen LogP contribution < -0.4 is 5.32 Å². The molecule has 0 amide bonds. The van der Waals surface area contributed by atoms with Crippen molar-refractivity contribution in [2.75, 3.05) is 13.1 Å². The van der Waals surface area contributed by atoms with Crippen LogP contribution >= 0.6 is 0 Å². The minimum absolute atomic E-state index is 0.609. The van der Waals surface area contributed by atoms with Crippen LogP contribution in [0.15, 0.2) is 23.1 Å². The fourth-order valence-electron chi connectivity index (χ4n) is 2.58. The van der Waals surface area contributed by atoms with Crippen molar-refractivity contribution in [2.45, 2.75) is 32.2 Å². The summed E-state index contributed by atoms with van der Waals surface area (Å²) in [5, 5.41) is 7.31. The predicted octanol–water partition coefficient (Wildman–Crippen LogP) is 1.69. The molecular weight excluding hydrogens is 228 g/mol. The van der Waals surface area contributed by atoms with Gasteiger partial charge in [-0.25, -0.2) is 4.98 Å². The van der Waals surface area contributed by atoms with E-state index in [1.807, 2.05) is 25.5 Å². The van der Waals surface area contributed by atoms with Crippen molar-refractivity contribution >= 4 is 0 Å². The molecule has 1 aliphatic rings. The summed E-state index contributed by atoms with van der Waals surface area (Å²) in [6.07, 6.45) is 6.23. The number of nitrogens with zero attached hydrogens (tertiary/aromatic N) is 3. The van der Waals surface area contributed by atoms with E-state index in [4.69, 9.17) is 4.52 Å². The van der Waals surface area contributed by atoms with Crippen LogP contribution in [0.3, 0.4) is 0 Å². The van der Waals surface area contributed by atoms with E-state index in [0.717, 1.165) is 31.1 Å². The molecule has 1 saturated heterocycles. The number of imidazole rings is 1. The van der Waals surface area contributed by atoms with Gasteiger partial charge in [-0.05, 0) is 32.9 Å². The van der Waals surface area contributed by atoms with Gasteiger partial charge in [-0.3, -0.25) is 0 Å². The third kappa shape index (κ3) is 2.31. The molecule has 2 aromatic heterocycles. The molecular formula is C13H18N4O. The Labute approximate surface area is 106 Å². The lowest BCUT2D eigenvalue weighted by atomic mass is 9.95. The second-order valence-corrected chi connectivity index (χ2v) is 4.91. The molecule has 0 saturated carbocycles. The fraction of sp³-hybridized carbons (Fsp3) is 0.538. The number of aryl methyl sites for hydroxylation is 1. The second-order valence-electron chi connectivity index (χ2n) is 4.91. The first-order valence-electron chi connectivity index (χ1n) is 6.46. The predicted molar refractivity (Wildman–Crippen MR) is 67.4 cm³/mol. The lowest BCUT2D eigenvalue weighted by Gasteiger charge is -2.23. The molecule has 3 heterocycles. The topological polar surface area (TPSA) is 55.9 Å². The summed E-state index contributed by atoms with van der Waals surface area (Å²) < 4.78 is 7.45. The van der Waals surface area contributed by atoms with Gasteiger partial charge in [0, 0.05) is 23.9 Å². The number of aromatic nitrogens is 3. The maximum absolute atomic E-state index is 5.27. The summed E-state index contributed by atoms with van der Waals surface area (Å²) in [5.41, 5.74) is 2.24. The normalized spacial score (nSPS) is 17.2. The molecule has 1 aliphatic heterocycles. The monoisotopic (exact) mass is 246 g/mol. The molecule has 96 valence electrons. The molecule has 18 heavy (non-hydrogen) atoms. The van der Waals surface area contributed by atoms with Crippen molar-refractivity contribution in [3.8, 4) is 0 Å². The van der Waals surface area contributed by atoms with Crippen molar-refractivity contribution in [1.29, 1.82) is 0 Å². The van der Waals surface area contributed by atoms with E-state index in [1.165, 1.54) is 18.5 Å². The van der Waals surface area contributed by atoms with Crippen LogP contribution in [0, 0.1) is 6.92 Å². The van der Waals surface area contributed by atoms with Crippen LogP contribution in [0.5, 0.6) is 0 Å². The molecule has 0 radical (unpaired) electrons. The number of hydrogen-bond acceptors (Lipinski definition) is 4. The van der Waals surface area contributed by atoms with Gasteiger partial charge >= 0.3 is 0 Å². The van der Waals surface area contributed by atoms with Crippen molar-refractivity contribution in [3.63, 3.8) is 0 Å². The zero-order valence-electron chi connectivity index (χ0n) is 10.6. The highest BCUT2D eigenvalue weighted by molar-refractivity contribution is 5.11. The second kappa shape index (κ2) is 4.94. The van der Waals surface area contributed by atoms with Gasteiger partial charge in [0.1, 0.15) is 0 Å². The Kier molecular flexibility index (Phi) is 3.15. The molecule has 2 aromatic rings. The van der Waals surface area contributed by atoms with E-state index in [1.54, 1.807) is 0 Å². The van der Waals surface area contributed by atoms with E-state index in [2.05, 4.69) is 20.0 Å². The van der Waals surface area contributed by atoms with Gasteiger partial charge in [0.25, 0.3) is 0 Å². The largest absolute Gasteiger partial charge is 0.359 e. The van der Waals surface area contributed by atoms with Gasteiger partial charge < -0.3 is 14.4 Å². The Balaban J connectivity index is 1.78. The average Bonchev–Trinajstić information content (AvgIpc) is 3.00. The molecule has 0 atom stereocenters. The molecule has 1 fully saturated rings. The van der Waals surface area contributed by atoms with Gasteiger partial charge in [0.2, 0.25) is 0 Å². The third-order valence-electron chi connectivity index (χ3n) is 3.50. The molecule has 5 nitrogen and oxygen atoms in total. The standard InChI is InChI=1S/C13H18N4O/c1-10-6-12(18-16-10)8-17-9-15-7-13(17)11-2-4-14-5-3-11/h6-7,9,11,14H,2-5,8H2,1H3. The van der Waals surface area contributed by atoms with Crippen LogP contribution in [0.25, 0.3) is 0 Å². The lowest BCUT2D eigenvalue weighted by molar-refractivity contribution is 0.367. The Morgan fingerprint density at radius 2 is 2.28 bits per heavy atom. The maximum Gasteiger partial charge on any atom is 0.156 e. The van der Waals surface area contributed by atoms with Gasteiger partial charge in [-0.1, -0.05) is 5.16 Å². The maximum atomic E-state index is 5.27. The molecule has 0 aliphatic carbocycles. The van der Waals surface area contributed by atoms with E-state index in [0.29, 0.717) is 5.92 Å². The minimum Gasteiger partial charge on any atom is -0.359 e. The molecule has 0 aromatic carbocycles. The SMILES string of the molecule is Cc1cc(Cn2cncc2C2CCNCC2)on1. The minimum atomic E-state index is 0.609. The molecule has 0 unspecified atom stereocenters. The highest BCUT2D eigenvalue weighted by Gasteiger charge is 2.19. The van der Waals surface area contributed by atoms with Crippen LogP contribution in [0.2, 0.25) is 0 Å². The summed E-state index contributed by atoms with van der Waals surface area (Å²) in [6.45, 7) is 4.85. The van der Waals surface area contributed by atoms with E-state index in [-0.39, 0.29) is 0 Å². The Morgan fingerprint density at radius 1 is 1.44 bits per heavy atom. The summed E-state index contributed by atoms with van der Waals surface area (Å²) in [7, 11) is 0. The number of rotatable bonds is 3. The first-order valence-corrected chi connectivity index (χ1v) is 6.46.